The molecule has 0 saturated heterocycles. The van der Waals surface area contributed by atoms with Crippen LogP contribution in [0, 0.1) is 13.8 Å². The SMILES string of the molecule is CCc1ccc(OCCC(=O)Nc2cc(C)ccc2C)cc1. The van der Waals surface area contributed by atoms with Crippen LogP contribution >= 0.6 is 0 Å². The lowest BCUT2D eigenvalue weighted by molar-refractivity contribution is -0.116. The Hall–Kier alpha value is -2.29. The maximum absolute atomic E-state index is 12.0. The van der Waals surface area contributed by atoms with E-state index in [0.29, 0.717) is 13.0 Å². The molecule has 0 fully saturated rings. The molecule has 3 heteroatoms. The lowest BCUT2D eigenvalue weighted by Crippen LogP contribution is -2.16. The van der Waals surface area contributed by atoms with Crippen LogP contribution in [0.2, 0.25) is 0 Å². The second-order valence-corrected chi connectivity index (χ2v) is 5.46. The Balaban J connectivity index is 1.81. The van der Waals surface area contributed by atoms with E-state index in [1.54, 1.807) is 0 Å². The van der Waals surface area contributed by atoms with E-state index in [4.69, 9.17) is 4.74 Å². The zero-order valence-electron chi connectivity index (χ0n) is 13.5. The van der Waals surface area contributed by atoms with Gasteiger partial charge in [0.05, 0.1) is 13.0 Å². The van der Waals surface area contributed by atoms with Crippen LogP contribution in [-0.4, -0.2) is 12.5 Å². The fourth-order valence-corrected chi connectivity index (χ4v) is 2.17. The highest BCUT2D eigenvalue weighted by Crippen LogP contribution is 2.17. The van der Waals surface area contributed by atoms with Gasteiger partial charge < -0.3 is 10.1 Å². The van der Waals surface area contributed by atoms with Crippen molar-refractivity contribution >= 4 is 11.6 Å². The summed E-state index contributed by atoms with van der Waals surface area (Å²) in [4.78, 5) is 12.0. The van der Waals surface area contributed by atoms with Gasteiger partial charge in [-0.05, 0) is 55.2 Å². The first-order valence-electron chi connectivity index (χ1n) is 7.67. The van der Waals surface area contributed by atoms with E-state index >= 15 is 0 Å². The van der Waals surface area contributed by atoms with Gasteiger partial charge in [-0.25, -0.2) is 0 Å². The third-order valence-electron chi connectivity index (χ3n) is 3.60. The summed E-state index contributed by atoms with van der Waals surface area (Å²) >= 11 is 0. The number of hydrogen-bond donors (Lipinski definition) is 1. The Morgan fingerprint density at radius 3 is 2.50 bits per heavy atom. The summed E-state index contributed by atoms with van der Waals surface area (Å²) in [6.45, 7) is 6.49. The van der Waals surface area contributed by atoms with Gasteiger partial charge in [-0.3, -0.25) is 4.79 Å². The zero-order chi connectivity index (χ0) is 15.9. The summed E-state index contributed by atoms with van der Waals surface area (Å²) in [5, 5.41) is 2.94. The normalized spacial score (nSPS) is 10.3. The number of carbonyl (C=O) groups excluding carboxylic acids is 1. The predicted octanol–water partition coefficient (Wildman–Crippen LogP) is 4.27. The van der Waals surface area contributed by atoms with Gasteiger partial charge in [0.2, 0.25) is 5.91 Å². The number of hydrogen-bond acceptors (Lipinski definition) is 2. The molecule has 2 aromatic rings. The second kappa shape index (κ2) is 7.64. The first-order valence-corrected chi connectivity index (χ1v) is 7.67. The Labute approximate surface area is 132 Å². The van der Waals surface area contributed by atoms with Crippen molar-refractivity contribution in [1.29, 1.82) is 0 Å². The van der Waals surface area contributed by atoms with Crippen LogP contribution < -0.4 is 10.1 Å². The molecular formula is C19H23NO2. The predicted molar refractivity (Wildman–Crippen MR) is 90.5 cm³/mol. The van der Waals surface area contributed by atoms with E-state index in [-0.39, 0.29) is 5.91 Å². The van der Waals surface area contributed by atoms with Gasteiger partial charge >= 0.3 is 0 Å². The first kappa shape index (κ1) is 16.1. The molecule has 0 aliphatic carbocycles. The molecule has 0 saturated carbocycles. The summed E-state index contributed by atoms with van der Waals surface area (Å²) in [6, 6.07) is 14.0. The molecule has 2 rings (SSSR count). The zero-order valence-corrected chi connectivity index (χ0v) is 13.5. The molecule has 0 spiro atoms. The molecule has 0 heterocycles. The number of nitrogens with one attached hydrogen (secondary N) is 1. The smallest absolute Gasteiger partial charge is 0.227 e. The molecule has 0 atom stereocenters. The minimum Gasteiger partial charge on any atom is -0.493 e. The van der Waals surface area contributed by atoms with Crippen LogP contribution in [-0.2, 0) is 11.2 Å². The molecule has 3 nitrogen and oxygen atoms in total. The third kappa shape index (κ3) is 4.62. The van der Waals surface area contributed by atoms with E-state index < -0.39 is 0 Å². The average molecular weight is 297 g/mol. The van der Waals surface area contributed by atoms with E-state index in [1.807, 2.05) is 56.3 Å². The molecule has 1 N–H and O–H groups in total. The highest BCUT2D eigenvalue weighted by molar-refractivity contribution is 5.91. The van der Waals surface area contributed by atoms with E-state index in [0.717, 1.165) is 29.0 Å². The third-order valence-corrected chi connectivity index (χ3v) is 3.60. The van der Waals surface area contributed by atoms with Crippen molar-refractivity contribution < 1.29 is 9.53 Å². The number of ether oxygens (including phenoxy) is 1. The minimum absolute atomic E-state index is 0.0288. The minimum atomic E-state index is -0.0288. The van der Waals surface area contributed by atoms with Crippen molar-refractivity contribution in [3.05, 3.63) is 59.2 Å². The van der Waals surface area contributed by atoms with Gasteiger partial charge in [0.25, 0.3) is 0 Å². The lowest BCUT2D eigenvalue weighted by Gasteiger charge is -2.10. The maximum Gasteiger partial charge on any atom is 0.227 e. The topological polar surface area (TPSA) is 38.3 Å². The summed E-state index contributed by atoms with van der Waals surface area (Å²) < 4.78 is 5.61. The van der Waals surface area contributed by atoms with Gasteiger partial charge in [-0.15, -0.1) is 0 Å². The van der Waals surface area contributed by atoms with E-state index in [2.05, 4.69) is 12.2 Å². The Morgan fingerprint density at radius 2 is 1.82 bits per heavy atom. The van der Waals surface area contributed by atoms with Crippen LogP contribution in [0.3, 0.4) is 0 Å². The number of rotatable bonds is 6. The number of benzene rings is 2. The van der Waals surface area contributed by atoms with Gasteiger partial charge in [-0.1, -0.05) is 31.2 Å². The van der Waals surface area contributed by atoms with Gasteiger partial charge in [0, 0.05) is 5.69 Å². The lowest BCUT2D eigenvalue weighted by atomic mass is 10.1. The number of aryl methyl sites for hydroxylation is 3. The van der Waals surface area contributed by atoms with Crippen molar-refractivity contribution in [3.63, 3.8) is 0 Å². The average Bonchev–Trinajstić information content (AvgIpc) is 2.51. The van der Waals surface area contributed by atoms with Crippen molar-refractivity contribution in [2.45, 2.75) is 33.6 Å². The van der Waals surface area contributed by atoms with Crippen LogP contribution in [0.5, 0.6) is 5.75 Å². The van der Waals surface area contributed by atoms with Gasteiger partial charge in [0.1, 0.15) is 5.75 Å². The molecule has 0 bridgehead atoms. The molecule has 0 aromatic heterocycles. The van der Waals surface area contributed by atoms with E-state index in [1.165, 1.54) is 5.56 Å². The number of amides is 1. The molecule has 0 unspecified atom stereocenters. The highest BCUT2D eigenvalue weighted by Gasteiger charge is 2.05. The molecular weight excluding hydrogens is 274 g/mol. The number of carbonyl (C=O) groups is 1. The van der Waals surface area contributed by atoms with Crippen molar-refractivity contribution in [1.82, 2.24) is 0 Å². The standard InChI is InChI=1S/C19H23NO2/c1-4-16-7-9-17(10-8-16)22-12-11-19(21)20-18-13-14(2)5-6-15(18)3/h5-10,13H,4,11-12H2,1-3H3,(H,20,21). The van der Waals surface area contributed by atoms with Crippen LogP contribution in [0.1, 0.15) is 30.0 Å². The molecule has 1 amide bonds. The summed E-state index contributed by atoms with van der Waals surface area (Å²) in [7, 11) is 0. The van der Waals surface area contributed by atoms with Crippen LogP contribution in [0.25, 0.3) is 0 Å². The first-order chi connectivity index (χ1) is 10.6. The molecule has 116 valence electrons. The monoisotopic (exact) mass is 297 g/mol. The molecule has 0 radical (unpaired) electrons. The van der Waals surface area contributed by atoms with Gasteiger partial charge in [0.15, 0.2) is 0 Å². The van der Waals surface area contributed by atoms with Crippen molar-refractivity contribution in [2.75, 3.05) is 11.9 Å². The Kier molecular flexibility index (Phi) is 5.59. The summed E-state index contributed by atoms with van der Waals surface area (Å²) in [5.74, 6) is 0.774. The summed E-state index contributed by atoms with van der Waals surface area (Å²) in [6.07, 6.45) is 1.35. The largest absolute Gasteiger partial charge is 0.493 e. The van der Waals surface area contributed by atoms with Crippen molar-refractivity contribution in [2.24, 2.45) is 0 Å². The number of anilines is 1. The molecule has 2 aromatic carbocycles. The molecule has 0 aliphatic heterocycles. The van der Waals surface area contributed by atoms with Crippen molar-refractivity contribution in [3.8, 4) is 5.75 Å². The highest BCUT2D eigenvalue weighted by atomic mass is 16.5. The second-order valence-electron chi connectivity index (χ2n) is 5.46. The Morgan fingerprint density at radius 1 is 1.09 bits per heavy atom. The quantitative estimate of drug-likeness (QED) is 0.864. The fraction of sp³-hybridized carbons (Fsp3) is 0.316. The van der Waals surface area contributed by atoms with Gasteiger partial charge in [-0.2, -0.15) is 0 Å². The molecule has 0 aliphatic rings. The van der Waals surface area contributed by atoms with E-state index in [9.17, 15) is 4.79 Å². The van der Waals surface area contributed by atoms with Crippen LogP contribution in [0.4, 0.5) is 5.69 Å². The Bertz CT molecular complexity index is 632. The fourth-order valence-electron chi connectivity index (χ4n) is 2.17. The molecule has 22 heavy (non-hydrogen) atoms. The maximum atomic E-state index is 12.0. The van der Waals surface area contributed by atoms with Crippen LogP contribution in [0.15, 0.2) is 42.5 Å². The summed E-state index contributed by atoms with van der Waals surface area (Å²) in [5.41, 5.74) is 4.35.